The Labute approximate surface area is 108 Å². The molecule has 0 fully saturated rings. The molecule has 18 heavy (non-hydrogen) atoms. The van der Waals surface area contributed by atoms with Crippen LogP contribution in [0.5, 0.6) is 11.5 Å². The Morgan fingerprint density at radius 2 is 1.78 bits per heavy atom. The molecule has 0 aromatic heterocycles. The molecule has 0 aliphatic carbocycles. The van der Waals surface area contributed by atoms with Crippen molar-refractivity contribution in [3.63, 3.8) is 0 Å². The van der Waals surface area contributed by atoms with Gasteiger partial charge in [-0.3, -0.25) is 0 Å². The highest BCUT2D eigenvalue weighted by Gasteiger charge is 2.19. The molecule has 0 heterocycles. The van der Waals surface area contributed by atoms with Gasteiger partial charge in [-0.1, -0.05) is 20.3 Å². The first-order valence-corrected chi connectivity index (χ1v) is 6.12. The Balaban J connectivity index is 3.01. The number of hydrogen-bond acceptors (Lipinski definition) is 3. The van der Waals surface area contributed by atoms with E-state index < -0.39 is 11.9 Å². The van der Waals surface area contributed by atoms with Crippen LogP contribution in [0.4, 0.5) is 4.39 Å². The van der Waals surface area contributed by atoms with Crippen LogP contribution in [0.15, 0.2) is 12.1 Å². The highest BCUT2D eigenvalue weighted by Crippen LogP contribution is 2.34. The number of aliphatic hydroxyl groups excluding tert-OH is 1. The van der Waals surface area contributed by atoms with Crippen LogP contribution in [0.3, 0.4) is 0 Å². The molecule has 2 atom stereocenters. The molecule has 2 unspecified atom stereocenters. The SMILES string of the molecule is CCC(C)CC(O)c1cc(OC)c(OC)cc1F. The van der Waals surface area contributed by atoms with Crippen molar-refractivity contribution in [2.45, 2.75) is 32.8 Å². The maximum atomic E-state index is 13.9. The average Bonchev–Trinajstić information content (AvgIpc) is 2.37. The molecule has 0 aliphatic rings. The van der Waals surface area contributed by atoms with Crippen LogP contribution in [-0.4, -0.2) is 19.3 Å². The fraction of sp³-hybridized carbons (Fsp3) is 0.571. The van der Waals surface area contributed by atoms with Crippen LogP contribution in [0.1, 0.15) is 38.4 Å². The molecule has 1 aromatic carbocycles. The number of halogens is 1. The minimum absolute atomic E-state index is 0.257. The van der Waals surface area contributed by atoms with Crippen molar-refractivity contribution in [1.82, 2.24) is 0 Å². The molecule has 1 rings (SSSR count). The van der Waals surface area contributed by atoms with Crippen LogP contribution >= 0.6 is 0 Å². The second-order valence-corrected chi connectivity index (χ2v) is 4.49. The van der Waals surface area contributed by atoms with E-state index in [1.165, 1.54) is 26.4 Å². The molecule has 1 aromatic rings. The molecular weight excluding hydrogens is 235 g/mol. The molecule has 4 heteroatoms. The summed E-state index contributed by atoms with van der Waals surface area (Å²) < 4.78 is 24.0. The summed E-state index contributed by atoms with van der Waals surface area (Å²) in [7, 11) is 2.94. The first-order valence-electron chi connectivity index (χ1n) is 6.12. The van der Waals surface area contributed by atoms with Gasteiger partial charge in [-0.05, 0) is 18.4 Å². The average molecular weight is 256 g/mol. The summed E-state index contributed by atoms with van der Waals surface area (Å²) >= 11 is 0. The molecule has 3 nitrogen and oxygen atoms in total. The van der Waals surface area contributed by atoms with Gasteiger partial charge >= 0.3 is 0 Å². The van der Waals surface area contributed by atoms with Gasteiger partial charge in [-0.25, -0.2) is 4.39 Å². The third-order valence-corrected chi connectivity index (χ3v) is 3.18. The van der Waals surface area contributed by atoms with E-state index in [9.17, 15) is 9.50 Å². The second kappa shape index (κ2) is 6.59. The lowest BCUT2D eigenvalue weighted by Crippen LogP contribution is -2.07. The van der Waals surface area contributed by atoms with Gasteiger partial charge < -0.3 is 14.6 Å². The van der Waals surface area contributed by atoms with Crippen molar-refractivity contribution >= 4 is 0 Å². The smallest absolute Gasteiger partial charge is 0.163 e. The van der Waals surface area contributed by atoms with Crippen LogP contribution in [0.2, 0.25) is 0 Å². The number of ether oxygens (including phenoxy) is 2. The van der Waals surface area contributed by atoms with Crippen molar-refractivity contribution in [3.8, 4) is 11.5 Å². The first-order chi connectivity index (χ1) is 8.53. The maximum Gasteiger partial charge on any atom is 0.163 e. The Morgan fingerprint density at radius 3 is 2.28 bits per heavy atom. The Hall–Kier alpha value is -1.29. The van der Waals surface area contributed by atoms with Crippen molar-refractivity contribution < 1.29 is 19.0 Å². The van der Waals surface area contributed by atoms with Gasteiger partial charge in [-0.2, -0.15) is 0 Å². The van der Waals surface area contributed by atoms with Crippen molar-refractivity contribution in [2.75, 3.05) is 14.2 Å². The van der Waals surface area contributed by atoms with Gasteiger partial charge in [0.25, 0.3) is 0 Å². The van der Waals surface area contributed by atoms with Gasteiger partial charge in [-0.15, -0.1) is 0 Å². The lowest BCUT2D eigenvalue weighted by atomic mass is 9.96. The predicted molar refractivity (Wildman–Crippen MR) is 68.5 cm³/mol. The normalized spacial score (nSPS) is 14.1. The van der Waals surface area contributed by atoms with Gasteiger partial charge in [0.2, 0.25) is 0 Å². The van der Waals surface area contributed by atoms with E-state index in [2.05, 4.69) is 0 Å². The number of methoxy groups -OCH3 is 2. The third-order valence-electron chi connectivity index (χ3n) is 3.18. The van der Waals surface area contributed by atoms with E-state index in [0.717, 1.165) is 6.42 Å². The quantitative estimate of drug-likeness (QED) is 0.848. The molecule has 0 amide bonds. The number of hydrogen-bond donors (Lipinski definition) is 1. The fourth-order valence-corrected chi connectivity index (χ4v) is 1.80. The van der Waals surface area contributed by atoms with Gasteiger partial charge in [0.15, 0.2) is 11.5 Å². The lowest BCUT2D eigenvalue weighted by Gasteiger charge is -2.18. The minimum atomic E-state index is -0.820. The van der Waals surface area contributed by atoms with Gasteiger partial charge in [0.1, 0.15) is 5.82 Å². The molecular formula is C14H21FO3. The zero-order valence-corrected chi connectivity index (χ0v) is 11.4. The number of benzene rings is 1. The summed E-state index contributed by atoms with van der Waals surface area (Å²) in [6.45, 7) is 4.07. The van der Waals surface area contributed by atoms with Crippen LogP contribution in [0.25, 0.3) is 0 Å². The van der Waals surface area contributed by atoms with E-state index in [1.54, 1.807) is 0 Å². The second-order valence-electron chi connectivity index (χ2n) is 4.49. The fourth-order valence-electron chi connectivity index (χ4n) is 1.80. The van der Waals surface area contributed by atoms with E-state index in [-0.39, 0.29) is 5.56 Å². The Morgan fingerprint density at radius 1 is 1.22 bits per heavy atom. The zero-order valence-electron chi connectivity index (χ0n) is 11.4. The minimum Gasteiger partial charge on any atom is -0.493 e. The van der Waals surface area contributed by atoms with E-state index >= 15 is 0 Å². The van der Waals surface area contributed by atoms with E-state index in [4.69, 9.17) is 9.47 Å². The van der Waals surface area contributed by atoms with E-state index in [0.29, 0.717) is 23.8 Å². The van der Waals surface area contributed by atoms with Crippen LogP contribution in [0, 0.1) is 11.7 Å². The topological polar surface area (TPSA) is 38.7 Å². The number of aliphatic hydroxyl groups is 1. The lowest BCUT2D eigenvalue weighted by molar-refractivity contribution is 0.142. The molecule has 0 saturated heterocycles. The first kappa shape index (κ1) is 14.8. The molecule has 0 saturated carbocycles. The summed E-state index contributed by atoms with van der Waals surface area (Å²) in [5.41, 5.74) is 0.257. The molecule has 0 bridgehead atoms. The van der Waals surface area contributed by atoms with Crippen molar-refractivity contribution in [2.24, 2.45) is 5.92 Å². The predicted octanol–water partition coefficient (Wildman–Crippen LogP) is 3.31. The summed E-state index contributed by atoms with van der Waals surface area (Å²) in [6.07, 6.45) is 0.661. The third kappa shape index (κ3) is 3.35. The molecule has 0 radical (unpaired) electrons. The monoisotopic (exact) mass is 256 g/mol. The summed E-state index contributed by atoms with van der Waals surface area (Å²) in [6, 6.07) is 2.75. The summed E-state index contributed by atoms with van der Waals surface area (Å²) in [4.78, 5) is 0. The standard InChI is InChI=1S/C14H21FO3/c1-5-9(2)6-12(16)10-7-13(17-3)14(18-4)8-11(10)15/h7-9,12,16H,5-6H2,1-4H3. The molecule has 1 N–H and O–H groups in total. The van der Waals surface area contributed by atoms with Crippen LogP contribution in [-0.2, 0) is 0 Å². The van der Waals surface area contributed by atoms with Gasteiger partial charge in [0, 0.05) is 11.6 Å². The van der Waals surface area contributed by atoms with E-state index in [1.807, 2.05) is 13.8 Å². The molecule has 102 valence electrons. The van der Waals surface area contributed by atoms with Gasteiger partial charge in [0.05, 0.1) is 20.3 Å². The Kier molecular flexibility index (Phi) is 5.41. The maximum absolute atomic E-state index is 13.9. The highest BCUT2D eigenvalue weighted by molar-refractivity contribution is 5.44. The molecule has 0 spiro atoms. The highest BCUT2D eigenvalue weighted by atomic mass is 19.1. The largest absolute Gasteiger partial charge is 0.493 e. The van der Waals surface area contributed by atoms with Crippen molar-refractivity contribution in [1.29, 1.82) is 0 Å². The number of rotatable bonds is 6. The van der Waals surface area contributed by atoms with Crippen molar-refractivity contribution in [3.05, 3.63) is 23.5 Å². The zero-order chi connectivity index (χ0) is 13.7. The molecule has 0 aliphatic heterocycles. The summed E-state index contributed by atoms with van der Waals surface area (Å²) in [5.74, 6) is 0.627. The summed E-state index contributed by atoms with van der Waals surface area (Å²) in [5, 5.41) is 10.1. The Bertz CT molecular complexity index is 393. The van der Waals surface area contributed by atoms with Crippen LogP contribution < -0.4 is 9.47 Å².